The molecule has 2 amide bonds. The highest BCUT2D eigenvalue weighted by Crippen LogP contribution is 2.24. The number of nitrogens with zero attached hydrogens (tertiary/aromatic N) is 1. The van der Waals surface area contributed by atoms with Crippen LogP contribution in [-0.4, -0.2) is 42.6 Å². The summed E-state index contributed by atoms with van der Waals surface area (Å²) in [6, 6.07) is 9.90. The van der Waals surface area contributed by atoms with Crippen LogP contribution in [0.15, 0.2) is 47.4 Å². The van der Waals surface area contributed by atoms with Gasteiger partial charge in [0, 0.05) is 16.6 Å². The van der Waals surface area contributed by atoms with Crippen LogP contribution in [0.2, 0.25) is 0 Å². The van der Waals surface area contributed by atoms with Crippen molar-refractivity contribution in [3.8, 4) is 0 Å². The molecule has 5 nitrogen and oxygen atoms in total. The first kappa shape index (κ1) is 20.9. The van der Waals surface area contributed by atoms with E-state index in [0.717, 1.165) is 17.0 Å². The lowest BCUT2D eigenvalue weighted by atomic mass is 10.2. The number of hydrogen-bond donors (Lipinski definition) is 2. The third-order valence-corrected chi connectivity index (χ3v) is 4.80. The molecule has 2 N–H and O–H groups in total. The van der Waals surface area contributed by atoms with Gasteiger partial charge in [-0.15, -0.1) is 11.8 Å². The van der Waals surface area contributed by atoms with Crippen molar-refractivity contribution < 1.29 is 18.4 Å². The van der Waals surface area contributed by atoms with Crippen molar-refractivity contribution in [3.63, 3.8) is 0 Å². The van der Waals surface area contributed by atoms with Gasteiger partial charge in [0.15, 0.2) is 11.6 Å². The summed E-state index contributed by atoms with van der Waals surface area (Å²) in [5.41, 5.74) is 0.861. The van der Waals surface area contributed by atoms with Crippen LogP contribution < -0.4 is 10.6 Å². The topological polar surface area (TPSA) is 61.4 Å². The average molecular weight is 393 g/mol. The number of carbonyl (C=O) groups is 2. The lowest BCUT2D eigenvalue weighted by molar-refractivity contribution is -0.122. The number of carbonyl (C=O) groups excluding carboxylic acids is 2. The second-order valence-corrected chi connectivity index (χ2v) is 6.81. The molecule has 0 saturated heterocycles. The first-order valence-corrected chi connectivity index (χ1v) is 9.43. The number of benzene rings is 2. The molecule has 0 aliphatic carbocycles. The van der Waals surface area contributed by atoms with Crippen LogP contribution >= 0.6 is 11.8 Å². The Labute approximate surface area is 161 Å². The molecule has 0 bridgehead atoms. The summed E-state index contributed by atoms with van der Waals surface area (Å²) >= 11 is 1.52. The number of nitrogens with one attached hydrogen (secondary N) is 2. The maximum Gasteiger partial charge on any atom is 0.241 e. The predicted octanol–water partition coefficient (Wildman–Crippen LogP) is 3.58. The van der Waals surface area contributed by atoms with Gasteiger partial charge in [-0.3, -0.25) is 14.5 Å². The largest absolute Gasteiger partial charge is 0.325 e. The number of likely N-dealkylation sites (N-methyl/N-ethyl adjacent to an activating group) is 1. The van der Waals surface area contributed by atoms with E-state index in [2.05, 4.69) is 10.6 Å². The fourth-order valence-corrected chi connectivity index (χ4v) is 2.88. The Balaban J connectivity index is 1.93. The second-order valence-electron chi connectivity index (χ2n) is 5.96. The van der Waals surface area contributed by atoms with E-state index in [4.69, 9.17) is 0 Å². The van der Waals surface area contributed by atoms with Crippen LogP contribution in [0.3, 0.4) is 0 Å². The summed E-state index contributed by atoms with van der Waals surface area (Å²) in [6.45, 7) is 1.62. The Morgan fingerprint density at radius 1 is 1.11 bits per heavy atom. The summed E-state index contributed by atoms with van der Waals surface area (Å²) in [5.74, 6) is -2.71. The third kappa shape index (κ3) is 5.77. The Kier molecular flexibility index (Phi) is 7.32. The molecule has 0 aliphatic heterocycles. The van der Waals surface area contributed by atoms with E-state index in [1.807, 2.05) is 30.5 Å². The predicted molar refractivity (Wildman–Crippen MR) is 104 cm³/mol. The first-order chi connectivity index (χ1) is 12.8. The molecule has 8 heteroatoms. The average Bonchev–Trinajstić information content (AvgIpc) is 2.64. The number of hydrogen-bond acceptors (Lipinski definition) is 4. The molecule has 0 aliphatic rings. The highest BCUT2D eigenvalue weighted by atomic mass is 32.2. The Morgan fingerprint density at radius 2 is 1.81 bits per heavy atom. The minimum atomic E-state index is -1.04. The maximum atomic E-state index is 13.2. The van der Waals surface area contributed by atoms with Gasteiger partial charge in [0.25, 0.3) is 0 Å². The molecule has 0 spiro atoms. The van der Waals surface area contributed by atoms with Gasteiger partial charge in [-0.2, -0.15) is 0 Å². The van der Waals surface area contributed by atoms with E-state index >= 15 is 0 Å². The fourth-order valence-electron chi connectivity index (χ4n) is 2.32. The summed E-state index contributed by atoms with van der Waals surface area (Å²) in [5, 5.41) is 5.33. The van der Waals surface area contributed by atoms with Crippen LogP contribution in [0.5, 0.6) is 0 Å². The standard InChI is InChI=1S/C19H21F2N3O2S/c1-12(19(26)22-13-8-9-14(20)15(21)10-13)24(2)11-18(25)23-16-6-4-5-7-17(16)27-3/h4-10,12H,11H2,1-3H3,(H,22,26)(H,23,25). The molecule has 0 heterocycles. The van der Waals surface area contributed by atoms with Gasteiger partial charge < -0.3 is 10.6 Å². The zero-order valence-electron chi connectivity index (χ0n) is 15.3. The number of halogens is 2. The van der Waals surface area contributed by atoms with Crippen LogP contribution in [0, 0.1) is 11.6 Å². The number of anilines is 2. The number of para-hydroxylation sites is 1. The highest BCUT2D eigenvalue weighted by molar-refractivity contribution is 7.98. The molecule has 2 aromatic rings. The quantitative estimate of drug-likeness (QED) is 0.706. The van der Waals surface area contributed by atoms with Crippen molar-refractivity contribution in [1.29, 1.82) is 0 Å². The van der Waals surface area contributed by atoms with Crippen molar-refractivity contribution in [1.82, 2.24) is 4.90 Å². The van der Waals surface area contributed by atoms with Crippen LogP contribution in [-0.2, 0) is 9.59 Å². The minimum Gasteiger partial charge on any atom is -0.325 e. The lowest BCUT2D eigenvalue weighted by Gasteiger charge is -2.23. The second kappa shape index (κ2) is 9.48. The number of rotatable bonds is 7. The van der Waals surface area contributed by atoms with Crippen molar-refractivity contribution in [3.05, 3.63) is 54.1 Å². The summed E-state index contributed by atoms with van der Waals surface area (Å²) in [6.07, 6.45) is 1.92. The van der Waals surface area contributed by atoms with Gasteiger partial charge in [0.1, 0.15) is 0 Å². The highest BCUT2D eigenvalue weighted by Gasteiger charge is 2.21. The first-order valence-electron chi connectivity index (χ1n) is 8.21. The van der Waals surface area contributed by atoms with E-state index < -0.39 is 23.6 Å². The zero-order chi connectivity index (χ0) is 20.0. The molecule has 27 heavy (non-hydrogen) atoms. The van der Waals surface area contributed by atoms with E-state index in [1.165, 1.54) is 17.8 Å². The number of amides is 2. The Bertz CT molecular complexity index is 832. The molecule has 2 aromatic carbocycles. The molecule has 144 valence electrons. The van der Waals surface area contributed by atoms with E-state index in [-0.39, 0.29) is 18.1 Å². The van der Waals surface area contributed by atoms with Crippen molar-refractivity contribution in [2.24, 2.45) is 0 Å². The summed E-state index contributed by atoms with van der Waals surface area (Å²) in [4.78, 5) is 27.1. The Morgan fingerprint density at radius 3 is 2.48 bits per heavy atom. The van der Waals surface area contributed by atoms with Gasteiger partial charge in [-0.25, -0.2) is 8.78 Å². The monoisotopic (exact) mass is 393 g/mol. The van der Waals surface area contributed by atoms with Gasteiger partial charge >= 0.3 is 0 Å². The smallest absolute Gasteiger partial charge is 0.241 e. The molecule has 0 radical (unpaired) electrons. The molecular weight excluding hydrogens is 372 g/mol. The molecule has 0 fully saturated rings. The zero-order valence-corrected chi connectivity index (χ0v) is 16.1. The molecule has 2 rings (SSSR count). The Hall–Kier alpha value is -2.45. The fraction of sp³-hybridized carbons (Fsp3) is 0.263. The minimum absolute atomic E-state index is 0.00488. The summed E-state index contributed by atoms with van der Waals surface area (Å²) < 4.78 is 26.2. The van der Waals surface area contributed by atoms with Crippen LogP contribution in [0.25, 0.3) is 0 Å². The van der Waals surface area contributed by atoms with Crippen molar-refractivity contribution >= 4 is 35.0 Å². The van der Waals surface area contributed by atoms with E-state index in [0.29, 0.717) is 5.69 Å². The van der Waals surface area contributed by atoms with E-state index in [9.17, 15) is 18.4 Å². The molecule has 1 atom stereocenters. The SMILES string of the molecule is CSc1ccccc1NC(=O)CN(C)C(C)C(=O)Nc1ccc(F)c(F)c1. The lowest BCUT2D eigenvalue weighted by Crippen LogP contribution is -2.43. The van der Waals surface area contributed by atoms with Gasteiger partial charge in [-0.05, 0) is 44.5 Å². The molecule has 0 aromatic heterocycles. The third-order valence-electron chi connectivity index (χ3n) is 4.00. The molecule has 0 saturated carbocycles. The van der Waals surface area contributed by atoms with Gasteiger partial charge in [-0.1, -0.05) is 12.1 Å². The van der Waals surface area contributed by atoms with E-state index in [1.54, 1.807) is 18.9 Å². The van der Waals surface area contributed by atoms with Crippen molar-refractivity contribution in [2.75, 3.05) is 30.5 Å². The van der Waals surface area contributed by atoms with Gasteiger partial charge in [0.2, 0.25) is 11.8 Å². The van der Waals surface area contributed by atoms with Crippen molar-refractivity contribution in [2.45, 2.75) is 17.9 Å². The normalized spacial score (nSPS) is 11.9. The van der Waals surface area contributed by atoms with Crippen LogP contribution in [0.1, 0.15) is 6.92 Å². The number of thioether (sulfide) groups is 1. The maximum absolute atomic E-state index is 13.2. The van der Waals surface area contributed by atoms with Crippen LogP contribution in [0.4, 0.5) is 20.2 Å². The van der Waals surface area contributed by atoms with Gasteiger partial charge in [0.05, 0.1) is 18.3 Å². The molecular formula is C19H21F2N3O2S. The summed E-state index contributed by atoms with van der Waals surface area (Å²) in [7, 11) is 1.63. The molecule has 1 unspecified atom stereocenters.